The molecule has 0 aliphatic carbocycles. The fourth-order valence-corrected chi connectivity index (χ4v) is 3.48. The molecule has 2 bridgehead atoms. The van der Waals surface area contributed by atoms with E-state index >= 15 is 0 Å². The van der Waals surface area contributed by atoms with Gasteiger partial charge in [-0.1, -0.05) is 0 Å². The second kappa shape index (κ2) is 6.28. The van der Waals surface area contributed by atoms with Crippen LogP contribution in [0.1, 0.15) is 23.4 Å². The van der Waals surface area contributed by atoms with Gasteiger partial charge >= 0.3 is 0 Å². The van der Waals surface area contributed by atoms with Gasteiger partial charge in [-0.3, -0.25) is 4.79 Å². The molecule has 0 spiro atoms. The summed E-state index contributed by atoms with van der Waals surface area (Å²) < 4.78 is 23.8. The number of nitrogens with zero attached hydrogens (tertiary/aromatic N) is 1. The zero-order valence-corrected chi connectivity index (χ0v) is 13.2. The fraction of sp³-hybridized carbons (Fsp3) is 0.389. The zero-order chi connectivity index (χ0) is 16.5. The summed E-state index contributed by atoms with van der Waals surface area (Å²) in [6.45, 7) is 3.18. The predicted octanol–water partition coefficient (Wildman–Crippen LogP) is 3.04. The minimum Gasteiger partial charge on any atom is -0.426 e. The molecule has 0 saturated carbocycles. The molecule has 6 heteroatoms. The van der Waals surface area contributed by atoms with Gasteiger partial charge in [0.1, 0.15) is 11.6 Å². The molecule has 1 atom stereocenters. The number of benzene rings is 1. The van der Waals surface area contributed by atoms with Crippen LogP contribution in [-0.4, -0.2) is 36.5 Å². The number of halogens is 1. The van der Waals surface area contributed by atoms with Crippen LogP contribution in [0.2, 0.25) is 0 Å². The van der Waals surface area contributed by atoms with Gasteiger partial charge in [0, 0.05) is 18.7 Å². The average molecular weight is 330 g/mol. The topological polar surface area (TPSA) is 54.7 Å². The minimum absolute atomic E-state index is 0.187. The lowest BCUT2D eigenvalue weighted by Crippen LogP contribution is -2.57. The van der Waals surface area contributed by atoms with E-state index < -0.39 is 0 Å². The van der Waals surface area contributed by atoms with E-state index in [1.807, 2.05) is 0 Å². The maximum absolute atomic E-state index is 12.9. The first-order valence-corrected chi connectivity index (χ1v) is 8.24. The van der Waals surface area contributed by atoms with E-state index in [0.29, 0.717) is 11.7 Å². The normalized spacial score (nSPS) is 25.5. The van der Waals surface area contributed by atoms with Crippen molar-refractivity contribution in [3.8, 4) is 11.7 Å². The van der Waals surface area contributed by atoms with Gasteiger partial charge in [-0.05, 0) is 62.2 Å². The largest absolute Gasteiger partial charge is 0.426 e. The third kappa shape index (κ3) is 3.14. The van der Waals surface area contributed by atoms with Crippen LogP contribution in [0.4, 0.5) is 4.39 Å². The number of ether oxygens (including phenoxy) is 1. The van der Waals surface area contributed by atoms with Gasteiger partial charge in [0.2, 0.25) is 0 Å². The van der Waals surface area contributed by atoms with Crippen molar-refractivity contribution in [1.29, 1.82) is 0 Å². The first-order chi connectivity index (χ1) is 11.7. The summed E-state index contributed by atoms with van der Waals surface area (Å²) in [7, 11) is 0. The maximum atomic E-state index is 12.9. The van der Waals surface area contributed by atoms with Gasteiger partial charge in [0.25, 0.3) is 11.9 Å². The Morgan fingerprint density at radius 2 is 1.92 bits per heavy atom. The Labute approximate surface area is 139 Å². The van der Waals surface area contributed by atoms with Gasteiger partial charge in [-0.25, -0.2) is 4.39 Å². The molecule has 3 saturated heterocycles. The lowest BCUT2D eigenvalue weighted by atomic mass is 9.84. The van der Waals surface area contributed by atoms with Crippen LogP contribution in [0.15, 0.2) is 40.8 Å². The summed E-state index contributed by atoms with van der Waals surface area (Å²) in [5, 5.41) is 3.07. The van der Waals surface area contributed by atoms with Crippen LogP contribution >= 0.6 is 0 Å². The van der Waals surface area contributed by atoms with E-state index in [9.17, 15) is 9.18 Å². The van der Waals surface area contributed by atoms with Crippen molar-refractivity contribution in [2.45, 2.75) is 18.9 Å². The molecule has 1 aromatic heterocycles. The predicted molar refractivity (Wildman–Crippen MR) is 85.6 cm³/mol. The highest BCUT2D eigenvalue weighted by Crippen LogP contribution is 2.28. The molecule has 1 unspecified atom stereocenters. The van der Waals surface area contributed by atoms with Gasteiger partial charge in [-0.2, -0.15) is 0 Å². The van der Waals surface area contributed by atoms with Crippen molar-refractivity contribution >= 4 is 5.91 Å². The number of carbonyl (C=O) groups is 1. The van der Waals surface area contributed by atoms with E-state index in [4.69, 9.17) is 9.15 Å². The van der Waals surface area contributed by atoms with E-state index in [2.05, 4.69) is 10.2 Å². The highest BCUT2D eigenvalue weighted by molar-refractivity contribution is 5.91. The molecule has 1 N–H and O–H groups in total. The fourth-order valence-electron chi connectivity index (χ4n) is 3.48. The van der Waals surface area contributed by atoms with Gasteiger partial charge in [0.15, 0.2) is 5.76 Å². The minimum atomic E-state index is -0.334. The monoisotopic (exact) mass is 330 g/mol. The molecule has 4 heterocycles. The van der Waals surface area contributed by atoms with Gasteiger partial charge in [0.05, 0.1) is 0 Å². The lowest BCUT2D eigenvalue weighted by molar-refractivity contribution is 0.0603. The second-order valence-electron chi connectivity index (χ2n) is 6.39. The summed E-state index contributed by atoms with van der Waals surface area (Å²) >= 11 is 0. The SMILES string of the molecule is O=C(NC1CN2CCC1CC2)c1ccc(Oc2ccc(F)cc2)o1. The van der Waals surface area contributed by atoms with Crippen LogP contribution < -0.4 is 10.1 Å². The van der Waals surface area contributed by atoms with Crippen molar-refractivity contribution in [3.63, 3.8) is 0 Å². The van der Waals surface area contributed by atoms with E-state index in [-0.39, 0.29) is 29.5 Å². The standard InChI is InChI=1S/C18H19FN2O3/c19-13-1-3-14(4-2-13)23-17-6-5-16(24-17)18(22)20-15-11-21-9-7-12(15)8-10-21/h1-6,12,15H,7-11H2,(H,20,22). The number of piperidine rings is 3. The van der Waals surface area contributed by atoms with Crippen LogP contribution in [0.5, 0.6) is 11.7 Å². The number of nitrogens with one attached hydrogen (secondary N) is 1. The first-order valence-electron chi connectivity index (χ1n) is 8.24. The zero-order valence-electron chi connectivity index (χ0n) is 13.2. The molecule has 5 rings (SSSR count). The first kappa shape index (κ1) is 15.2. The summed E-state index contributed by atoms with van der Waals surface area (Å²) in [6.07, 6.45) is 2.28. The Morgan fingerprint density at radius 1 is 1.17 bits per heavy atom. The third-order valence-corrected chi connectivity index (χ3v) is 4.81. The molecule has 3 aliphatic rings. The molecule has 24 heavy (non-hydrogen) atoms. The highest BCUT2D eigenvalue weighted by Gasteiger charge is 2.35. The Morgan fingerprint density at radius 3 is 2.58 bits per heavy atom. The van der Waals surface area contributed by atoms with Crippen LogP contribution in [0.25, 0.3) is 0 Å². The molecule has 126 valence electrons. The van der Waals surface area contributed by atoms with Crippen LogP contribution in [0.3, 0.4) is 0 Å². The quantitative estimate of drug-likeness (QED) is 0.936. The molecular formula is C18H19FN2O3. The molecule has 1 aromatic carbocycles. The molecular weight excluding hydrogens is 311 g/mol. The number of amides is 1. The molecule has 3 fully saturated rings. The molecule has 1 amide bonds. The summed E-state index contributed by atoms with van der Waals surface area (Å²) in [6, 6.07) is 8.99. The van der Waals surface area contributed by atoms with Crippen molar-refractivity contribution < 1.29 is 18.3 Å². The Balaban J connectivity index is 1.39. The Kier molecular flexibility index (Phi) is 3.98. The highest BCUT2D eigenvalue weighted by atomic mass is 19.1. The Bertz CT molecular complexity index is 720. The number of furan rings is 1. The number of hydrogen-bond donors (Lipinski definition) is 1. The molecule has 3 aliphatic heterocycles. The van der Waals surface area contributed by atoms with E-state index in [0.717, 1.165) is 32.5 Å². The van der Waals surface area contributed by atoms with Crippen LogP contribution in [0, 0.1) is 11.7 Å². The number of hydrogen-bond acceptors (Lipinski definition) is 4. The number of rotatable bonds is 4. The molecule has 2 aromatic rings. The van der Waals surface area contributed by atoms with Gasteiger partial charge < -0.3 is 19.4 Å². The van der Waals surface area contributed by atoms with Crippen molar-refractivity contribution in [1.82, 2.24) is 10.2 Å². The van der Waals surface area contributed by atoms with E-state index in [1.54, 1.807) is 12.1 Å². The molecule has 0 radical (unpaired) electrons. The lowest BCUT2D eigenvalue weighted by Gasteiger charge is -2.44. The number of fused-ring (bicyclic) bond motifs is 3. The summed E-state index contributed by atoms with van der Waals surface area (Å²) in [5.74, 6) is 0.894. The summed E-state index contributed by atoms with van der Waals surface area (Å²) in [5.41, 5.74) is 0. The van der Waals surface area contributed by atoms with E-state index in [1.165, 1.54) is 24.3 Å². The Hall–Kier alpha value is -2.34. The van der Waals surface area contributed by atoms with Crippen molar-refractivity contribution in [2.75, 3.05) is 19.6 Å². The number of carbonyl (C=O) groups excluding carboxylic acids is 1. The van der Waals surface area contributed by atoms with Gasteiger partial charge in [-0.15, -0.1) is 0 Å². The average Bonchev–Trinajstić information content (AvgIpc) is 3.07. The third-order valence-electron chi connectivity index (χ3n) is 4.81. The smallest absolute Gasteiger partial charge is 0.290 e. The van der Waals surface area contributed by atoms with Crippen LogP contribution in [-0.2, 0) is 0 Å². The summed E-state index contributed by atoms with van der Waals surface area (Å²) in [4.78, 5) is 14.8. The van der Waals surface area contributed by atoms with Crippen molar-refractivity contribution in [2.24, 2.45) is 5.92 Å². The second-order valence-corrected chi connectivity index (χ2v) is 6.39. The molecule has 5 nitrogen and oxygen atoms in total. The van der Waals surface area contributed by atoms with Crippen molar-refractivity contribution in [3.05, 3.63) is 48.0 Å². The maximum Gasteiger partial charge on any atom is 0.290 e.